The second-order valence-corrected chi connectivity index (χ2v) is 8.02. The highest BCUT2D eigenvalue weighted by Crippen LogP contribution is 2.20. The highest BCUT2D eigenvalue weighted by atomic mass is 32.2. The maximum absolute atomic E-state index is 12.9. The molecule has 0 radical (unpaired) electrons. The summed E-state index contributed by atoms with van der Waals surface area (Å²) in [7, 11) is 1.27. The number of methoxy groups -OCH3 is 1. The molecule has 0 aliphatic heterocycles. The van der Waals surface area contributed by atoms with E-state index in [0.717, 1.165) is 17.3 Å². The van der Waals surface area contributed by atoms with Crippen molar-refractivity contribution in [2.45, 2.75) is 20.4 Å². The molecule has 2 rings (SSSR count). The van der Waals surface area contributed by atoms with E-state index in [0.29, 0.717) is 0 Å². The van der Waals surface area contributed by atoms with Gasteiger partial charge in [-0.1, -0.05) is 44.2 Å². The fourth-order valence-corrected chi connectivity index (χ4v) is 3.52. The van der Waals surface area contributed by atoms with Crippen molar-refractivity contribution >= 4 is 35.1 Å². The van der Waals surface area contributed by atoms with Gasteiger partial charge in [0.15, 0.2) is 5.69 Å². The zero-order valence-electron chi connectivity index (χ0n) is 17.2. The van der Waals surface area contributed by atoms with Crippen molar-refractivity contribution in [1.29, 1.82) is 0 Å². The maximum atomic E-state index is 12.9. The summed E-state index contributed by atoms with van der Waals surface area (Å²) < 4.78 is 5.80. The summed E-state index contributed by atoms with van der Waals surface area (Å²) in [6, 6.07) is 9.17. The maximum Gasteiger partial charge on any atom is 0.330 e. The van der Waals surface area contributed by atoms with Gasteiger partial charge in [0.05, 0.1) is 25.2 Å². The first kappa shape index (κ1) is 23.3. The molecule has 9 nitrogen and oxygen atoms in total. The van der Waals surface area contributed by atoms with E-state index in [9.17, 15) is 19.2 Å². The van der Waals surface area contributed by atoms with Crippen molar-refractivity contribution in [2.75, 3.05) is 35.8 Å². The van der Waals surface area contributed by atoms with Crippen LogP contribution in [0, 0.1) is 5.92 Å². The zero-order valence-corrected chi connectivity index (χ0v) is 18.0. The Hall–Kier alpha value is -3.01. The number of benzene rings is 1. The minimum atomic E-state index is -0.728. The van der Waals surface area contributed by atoms with E-state index < -0.39 is 17.2 Å². The number of nitrogen functional groups attached to an aromatic ring is 1. The predicted octanol–water partition coefficient (Wildman–Crippen LogP) is 1.06. The van der Waals surface area contributed by atoms with Crippen LogP contribution in [0.15, 0.2) is 39.9 Å². The number of esters is 1. The summed E-state index contributed by atoms with van der Waals surface area (Å²) in [6.07, 6.45) is 0. The second-order valence-electron chi connectivity index (χ2n) is 7.03. The number of amides is 1. The van der Waals surface area contributed by atoms with Crippen molar-refractivity contribution < 1.29 is 14.3 Å². The fraction of sp³-hybridized carbons (Fsp3) is 0.400. The number of ether oxygens (including phenoxy) is 1. The Morgan fingerprint density at radius 2 is 1.87 bits per heavy atom. The highest BCUT2D eigenvalue weighted by Gasteiger charge is 2.25. The quantitative estimate of drug-likeness (QED) is 0.565. The number of hydrogen-bond acceptors (Lipinski definition) is 7. The topological polar surface area (TPSA) is 127 Å². The highest BCUT2D eigenvalue weighted by molar-refractivity contribution is 8.00. The third-order valence-electron chi connectivity index (χ3n) is 4.19. The molecular formula is C20H26N4O5S. The number of aromatic amines is 1. The van der Waals surface area contributed by atoms with E-state index in [-0.39, 0.29) is 47.9 Å². The first-order valence-corrected chi connectivity index (χ1v) is 10.5. The van der Waals surface area contributed by atoms with Crippen LogP contribution in [-0.2, 0) is 20.9 Å². The van der Waals surface area contributed by atoms with Crippen LogP contribution in [0.4, 0.5) is 11.5 Å². The van der Waals surface area contributed by atoms with Crippen LogP contribution in [0.5, 0.6) is 0 Å². The van der Waals surface area contributed by atoms with Crippen LogP contribution in [0.25, 0.3) is 0 Å². The van der Waals surface area contributed by atoms with Gasteiger partial charge in [-0.05, 0) is 11.5 Å². The first-order chi connectivity index (χ1) is 14.2. The monoisotopic (exact) mass is 434 g/mol. The number of rotatable bonds is 9. The Kier molecular flexibility index (Phi) is 8.28. The Balaban J connectivity index is 2.41. The molecule has 1 heterocycles. The summed E-state index contributed by atoms with van der Waals surface area (Å²) in [5.74, 6) is -0.917. The van der Waals surface area contributed by atoms with Gasteiger partial charge in [0, 0.05) is 6.54 Å². The van der Waals surface area contributed by atoms with Gasteiger partial charge in [-0.3, -0.25) is 23.9 Å². The second kappa shape index (κ2) is 10.7. The number of nitrogens with one attached hydrogen (secondary N) is 1. The van der Waals surface area contributed by atoms with Gasteiger partial charge in [0.25, 0.3) is 5.56 Å². The number of carbonyl (C=O) groups excluding carboxylic acids is 2. The smallest absolute Gasteiger partial charge is 0.330 e. The van der Waals surface area contributed by atoms with Crippen LogP contribution < -0.4 is 21.9 Å². The van der Waals surface area contributed by atoms with Crippen LogP contribution in [-0.4, -0.2) is 46.6 Å². The molecule has 0 fully saturated rings. The Morgan fingerprint density at radius 1 is 1.20 bits per heavy atom. The van der Waals surface area contributed by atoms with Gasteiger partial charge >= 0.3 is 11.7 Å². The SMILES string of the molecule is COC(=O)CSCC(=O)N(CC(C)C)c1c(N)n(Cc2ccccc2)c(=O)[nH]c1=O. The van der Waals surface area contributed by atoms with Crippen molar-refractivity contribution in [2.24, 2.45) is 5.92 Å². The standard InChI is InChI=1S/C20H26N4O5S/c1-13(2)9-23(15(25)11-30-12-16(26)29-3)17-18(21)24(20(28)22-19(17)27)10-14-7-5-4-6-8-14/h4-8,13H,9-12,21H2,1-3H3,(H,22,27,28). The molecule has 3 N–H and O–H groups in total. The molecular weight excluding hydrogens is 408 g/mol. The molecule has 0 unspecified atom stereocenters. The zero-order chi connectivity index (χ0) is 22.3. The molecule has 1 aromatic carbocycles. The lowest BCUT2D eigenvalue weighted by Gasteiger charge is -2.26. The minimum Gasteiger partial charge on any atom is -0.468 e. The Labute approximate surface area is 178 Å². The van der Waals surface area contributed by atoms with Gasteiger partial charge in [0.1, 0.15) is 5.82 Å². The van der Waals surface area contributed by atoms with Crippen LogP contribution in [0.2, 0.25) is 0 Å². The van der Waals surface area contributed by atoms with Gasteiger partial charge < -0.3 is 15.4 Å². The third-order valence-corrected chi connectivity index (χ3v) is 5.08. The van der Waals surface area contributed by atoms with Crippen LogP contribution in [0.3, 0.4) is 0 Å². The molecule has 30 heavy (non-hydrogen) atoms. The van der Waals surface area contributed by atoms with E-state index in [2.05, 4.69) is 9.72 Å². The molecule has 0 atom stereocenters. The summed E-state index contributed by atoms with van der Waals surface area (Å²) in [6.45, 7) is 4.17. The van der Waals surface area contributed by atoms with Crippen molar-refractivity contribution in [3.8, 4) is 0 Å². The lowest BCUT2D eigenvalue weighted by atomic mass is 10.2. The van der Waals surface area contributed by atoms with E-state index in [1.54, 1.807) is 0 Å². The third kappa shape index (κ3) is 5.99. The van der Waals surface area contributed by atoms with Crippen molar-refractivity contribution in [1.82, 2.24) is 9.55 Å². The van der Waals surface area contributed by atoms with E-state index >= 15 is 0 Å². The van der Waals surface area contributed by atoms with E-state index in [1.165, 1.54) is 16.6 Å². The molecule has 0 spiro atoms. The van der Waals surface area contributed by atoms with Crippen LogP contribution >= 0.6 is 11.8 Å². The van der Waals surface area contributed by atoms with Gasteiger partial charge in [-0.25, -0.2) is 4.79 Å². The van der Waals surface area contributed by atoms with Crippen molar-refractivity contribution in [3.63, 3.8) is 0 Å². The molecule has 0 saturated carbocycles. The number of H-pyrrole nitrogens is 1. The number of nitrogens with zero attached hydrogens (tertiary/aromatic N) is 2. The fourth-order valence-electron chi connectivity index (χ4n) is 2.80. The summed E-state index contributed by atoms with van der Waals surface area (Å²) >= 11 is 1.08. The molecule has 1 aromatic heterocycles. The minimum absolute atomic E-state index is 0.0110. The molecule has 0 aliphatic carbocycles. The molecule has 162 valence electrons. The van der Waals surface area contributed by atoms with Gasteiger partial charge in [-0.15, -0.1) is 11.8 Å². The predicted molar refractivity (Wildman–Crippen MR) is 118 cm³/mol. The summed E-state index contributed by atoms with van der Waals surface area (Å²) in [5.41, 5.74) is 5.59. The largest absolute Gasteiger partial charge is 0.468 e. The van der Waals surface area contributed by atoms with E-state index in [4.69, 9.17) is 5.73 Å². The van der Waals surface area contributed by atoms with Crippen LogP contribution in [0.1, 0.15) is 19.4 Å². The number of aromatic nitrogens is 2. The summed E-state index contributed by atoms with van der Waals surface area (Å²) in [4.78, 5) is 52.7. The molecule has 0 aliphatic rings. The normalized spacial score (nSPS) is 10.8. The first-order valence-electron chi connectivity index (χ1n) is 9.36. The molecule has 0 saturated heterocycles. The van der Waals surface area contributed by atoms with Gasteiger partial charge in [0.2, 0.25) is 5.91 Å². The van der Waals surface area contributed by atoms with E-state index in [1.807, 2.05) is 44.2 Å². The number of nitrogens with two attached hydrogens (primary N) is 1. The number of thioether (sulfide) groups is 1. The van der Waals surface area contributed by atoms with Gasteiger partial charge in [-0.2, -0.15) is 0 Å². The lowest BCUT2D eigenvalue weighted by molar-refractivity contribution is -0.137. The van der Waals surface area contributed by atoms with Crippen molar-refractivity contribution in [3.05, 3.63) is 56.7 Å². The molecule has 0 bridgehead atoms. The molecule has 10 heteroatoms. The Bertz CT molecular complexity index is 1000. The lowest BCUT2D eigenvalue weighted by Crippen LogP contribution is -2.43. The summed E-state index contributed by atoms with van der Waals surface area (Å²) in [5, 5.41) is 0. The average Bonchev–Trinajstić information content (AvgIpc) is 2.70. The number of anilines is 2. The average molecular weight is 435 g/mol. The Morgan fingerprint density at radius 3 is 2.47 bits per heavy atom. The number of hydrogen-bond donors (Lipinski definition) is 2. The molecule has 1 amide bonds. The number of carbonyl (C=O) groups is 2. The molecule has 2 aromatic rings.